The number of nitrogens with zero attached hydrogens (tertiary/aromatic N) is 3. The normalized spacial score (nSPS) is 20.8. The number of alkyl halides is 3. The summed E-state index contributed by atoms with van der Waals surface area (Å²) in [5.41, 5.74) is -0.505. The summed E-state index contributed by atoms with van der Waals surface area (Å²) < 4.78 is 82.6. The highest BCUT2D eigenvalue weighted by molar-refractivity contribution is 7.91. The van der Waals surface area contributed by atoms with Gasteiger partial charge in [0.25, 0.3) is 0 Å². The topological polar surface area (TPSA) is 123 Å². The maximum atomic E-state index is 14.9. The first-order chi connectivity index (χ1) is 17.9. The number of hydrogen-bond donors (Lipinski definition) is 2. The number of carbonyl (C=O) groups excluding carboxylic acids is 1. The summed E-state index contributed by atoms with van der Waals surface area (Å²) >= 11 is 0. The lowest BCUT2D eigenvalue weighted by Crippen LogP contribution is -2.53. The first-order valence-electron chi connectivity index (χ1n) is 12.6. The van der Waals surface area contributed by atoms with Gasteiger partial charge in [-0.1, -0.05) is 0 Å². The van der Waals surface area contributed by atoms with E-state index in [4.69, 9.17) is 4.74 Å². The molecule has 1 atom stereocenters. The average molecular weight is 577 g/mol. The maximum Gasteiger partial charge on any atom is 0.422 e. The van der Waals surface area contributed by atoms with Crippen molar-refractivity contribution in [2.75, 3.05) is 18.1 Å². The third-order valence-electron chi connectivity index (χ3n) is 7.08. The number of amides is 1. The van der Waals surface area contributed by atoms with Crippen molar-refractivity contribution in [3.05, 3.63) is 29.3 Å². The quantitative estimate of drug-likeness (QED) is 0.486. The summed E-state index contributed by atoms with van der Waals surface area (Å²) in [7, 11) is -3.11. The van der Waals surface area contributed by atoms with Gasteiger partial charge in [-0.3, -0.25) is 9.48 Å². The van der Waals surface area contributed by atoms with Crippen molar-refractivity contribution < 1.29 is 40.6 Å². The van der Waals surface area contributed by atoms with Gasteiger partial charge in [-0.2, -0.15) is 18.3 Å². The van der Waals surface area contributed by atoms with Crippen LogP contribution in [0.2, 0.25) is 0 Å². The second-order valence-electron chi connectivity index (χ2n) is 11.3. The van der Waals surface area contributed by atoms with Crippen molar-refractivity contribution in [1.29, 1.82) is 0 Å². The molecule has 2 aromatic rings. The van der Waals surface area contributed by atoms with Crippen LogP contribution >= 0.6 is 0 Å². The molecule has 39 heavy (non-hydrogen) atoms. The molecule has 1 amide bonds. The van der Waals surface area contributed by atoms with E-state index in [0.717, 1.165) is 12.3 Å². The van der Waals surface area contributed by atoms with E-state index >= 15 is 0 Å². The van der Waals surface area contributed by atoms with Crippen LogP contribution in [-0.2, 0) is 34.0 Å². The fraction of sp³-hybridized carbons (Fsp3) is 0.640. The van der Waals surface area contributed by atoms with Gasteiger partial charge >= 0.3 is 6.18 Å². The van der Waals surface area contributed by atoms with Crippen LogP contribution in [0.4, 0.5) is 17.6 Å². The smallest absolute Gasteiger partial charge is 0.422 e. The Bertz CT molecular complexity index is 1340. The molecule has 2 aromatic heterocycles. The van der Waals surface area contributed by atoms with Crippen molar-refractivity contribution in [3.63, 3.8) is 0 Å². The molecule has 1 aliphatic carbocycles. The van der Waals surface area contributed by atoms with Gasteiger partial charge in [0.05, 0.1) is 35.5 Å². The van der Waals surface area contributed by atoms with E-state index in [1.165, 1.54) is 4.68 Å². The number of aromatic nitrogens is 3. The number of rotatable bonds is 7. The zero-order chi connectivity index (χ0) is 28.8. The zero-order valence-electron chi connectivity index (χ0n) is 21.9. The van der Waals surface area contributed by atoms with Crippen LogP contribution in [0.3, 0.4) is 0 Å². The summed E-state index contributed by atoms with van der Waals surface area (Å²) in [6.07, 6.45) is -2.21. The first-order valence-corrected chi connectivity index (χ1v) is 14.4. The number of nitrogens with one attached hydrogen (secondary N) is 1. The van der Waals surface area contributed by atoms with Gasteiger partial charge in [0.15, 0.2) is 12.4 Å². The molecule has 14 heteroatoms. The van der Waals surface area contributed by atoms with E-state index in [1.54, 1.807) is 13.8 Å². The van der Waals surface area contributed by atoms with Crippen molar-refractivity contribution in [2.45, 2.75) is 76.7 Å². The summed E-state index contributed by atoms with van der Waals surface area (Å²) in [5, 5.41) is 18.0. The third-order valence-corrected chi connectivity index (χ3v) is 8.73. The number of pyridine rings is 1. The standard InChI is InChI=1S/C25H32F4N4O5S/c1-23(2,35)13-33-19-10-15(22(34)31-24(3)6-8-39(36,37)9-7-24)4-5-16(19)21(32-33)17-11-20(30-12-18(17)26)38-14-25(27,28)29/h11-12,15,35H,4-10,13-14H2,1-3H3,(H,31,34)/t15-/m1/s1. The van der Waals surface area contributed by atoms with E-state index in [-0.39, 0.29) is 41.6 Å². The predicted octanol–water partition coefficient (Wildman–Crippen LogP) is 2.98. The fourth-order valence-electron chi connectivity index (χ4n) is 4.97. The number of halogens is 4. The van der Waals surface area contributed by atoms with Crippen LogP contribution in [0.1, 0.15) is 51.3 Å². The molecule has 3 heterocycles. The average Bonchev–Trinajstić information content (AvgIpc) is 3.16. The number of ether oxygens (including phenoxy) is 1. The molecule has 0 radical (unpaired) electrons. The van der Waals surface area contributed by atoms with Gasteiger partial charge in [0.2, 0.25) is 11.8 Å². The Morgan fingerprint density at radius 1 is 1.28 bits per heavy atom. The molecule has 4 rings (SSSR count). The maximum absolute atomic E-state index is 14.9. The van der Waals surface area contributed by atoms with Gasteiger partial charge in [0.1, 0.15) is 9.84 Å². The van der Waals surface area contributed by atoms with Gasteiger partial charge in [-0.25, -0.2) is 17.8 Å². The van der Waals surface area contributed by atoms with Gasteiger partial charge in [0, 0.05) is 40.8 Å². The number of fused-ring (bicyclic) bond motifs is 1. The third kappa shape index (κ3) is 7.27. The van der Waals surface area contributed by atoms with Crippen LogP contribution in [-0.4, -0.2) is 69.6 Å². The van der Waals surface area contributed by atoms with Gasteiger partial charge < -0.3 is 15.2 Å². The largest absolute Gasteiger partial charge is 0.468 e. The molecule has 1 fully saturated rings. The molecular weight excluding hydrogens is 544 g/mol. The van der Waals surface area contributed by atoms with Crippen LogP contribution in [0, 0.1) is 11.7 Å². The van der Waals surface area contributed by atoms with Crippen molar-refractivity contribution in [1.82, 2.24) is 20.1 Å². The highest BCUT2D eigenvalue weighted by atomic mass is 32.2. The molecule has 9 nitrogen and oxygen atoms in total. The lowest BCUT2D eigenvalue weighted by Gasteiger charge is -2.36. The molecule has 216 valence electrons. The lowest BCUT2D eigenvalue weighted by molar-refractivity contribution is -0.154. The monoisotopic (exact) mass is 576 g/mol. The highest BCUT2D eigenvalue weighted by Crippen LogP contribution is 2.37. The number of carbonyl (C=O) groups is 1. The molecule has 0 unspecified atom stereocenters. The second kappa shape index (κ2) is 10.3. The lowest BCUT2D eigenvalue weighted by atomic mass is 9.84. The number of sulfone groups is 1. The zero-order valence-corrected chi connectivity index (χ0v) is 22.8. The summed E-state index contributed by atoms with van der Waals surface area (Å²) in [6, 6.07) is 1.06. The Kier molecular flexibility index (Phi) is 7.76. The van der Waals surface area contributed by atoms with Crippen LogP contribution in [0.5, 0.6) is 5.88 Å². The molecule has 0 saturated carbocycles. The Balaban J connectivity index is 1.62. The minimum Gasteiger partial charge on any atom is -0.468 e. The Morgan fingerprint density at radius 2 is 1.95 bits per heavy atom. The minimum absolute atomic E-state index is 0.00643. The van der Waals surface area contributed by atoms with Crippen LogP contribution in [0.15, 0.2) is 12.3 Å². The molecule has 2 N–H and O–H groups in total. The first kappa shape index (κ1) is 29.2. The number of aliphatic hydroxyl groups is 1. The second-order valence-corrected chi connectivity index (χ2v) is 13.6. The minimum atomic E-state index is -4.60. The fourth-order valence-corrected chi connectivity index (χ4v) is 6.69. The summed E-state index contributed by atoms with van der Waals surface area (Å²) in [5.74, 6) is -1.89. The molecule has 0 aromatic carbocycles. The van der Waals surface area contributed by atoms with Crippen LogP contribution < -0.4 is 10.1 Å². The Hall–Kier alpha value is -2.74. The van der Waals surface area contributed by atoms with Crippen LogP contribution in [0.25, 0.3) is 11.3 Å². The Morgan fingerprint density at radius 3 is 2.56 bits per heavy atom. The molecule has 1 saturated heterocycles. The highest BCUT2D eigenvalue weighted by Gasteiger charge is 2.38. The van der Waals surface area contributed by atoms with E-state index in [0.29, 0.717) is 36.9 Å². The number of hydrogen-bond acceptors (Lipinski definition) is 7. The summed E-state index contributed by atoms with van der Waals surface area (Å²) in [6.45, 7) is 3.42. The summed E-state index contributed by atoms with van der Waals surface area (Å²) in [4.78, 5) is 16.8. The van der Waals surface area contributed by atoms with Crippen molar-refractivity contribution in [2.24, 2.45) is 5.92 Å². The van der Waals surface area contributed by atoms with Gasteiger partial charge in [-0.05, 0) is 46.5 Å². The predicted molar refractivity (Wildman–Crippen MR) is 133 cm³/mol. The SMILES string of the molecule is CC(C)(O)Cn1nc(-c2cc(OCC(F)(F)F)ncc2F)c2c1C[C@H](C(=O)NC1(C)CCS(=O)(=O)CC1)CC2. The van der Waals surface area contributed by atoms with Gasteiger partial charge in [-0.15, -0.1) is 0 Å². The van der Waals surface area contributed by atoms with E-state index in [1.807, 2.05) is 6.92 Å². The van der Waals surface area contributed by atoms with E-state index in [2.05, 4.69) is 15.4 Å². The molecule has 2 aliphatic rings. The van der Waals surface area contributed by atoms with Crippen molar-refractivity contribution in [3.8, 4) is 17.1 Å². The molecule has 0 spiro atoms. The van der Waals surface area contributed by atoms with E-state index in [9.17, 15) is 35.9 Å². The molecule has 0 bridgehead atoms. The Labute approximate surface area is 223 Å². The molecular formula is C25H32F4N4O5S. The van der Waals surface area contributed by atoms with E-state index < -0.39 is 51.4 Å². The molecule has 1 aliphatic heterocycles. The van der Waals surface area contributed by atoms with Crippen molar-refractivity contribution >= 4 is 15.7 Å².